The van der Waals surface area contributed by atoms with Gasteiger partial charge in [-0.1, -0.05) is 57.7 Å². The molecule has 0 aliphatic heterocycles. The summed E-state index contributed by atoms with van der Waals surface area (Å²) >= 11 is 11.9. The quantitative estimate of drug-likeness (QED) is 0.232. The van der Waals surface area contributed by atoms with Gasteiger partial charge in [-0.25, -0.2) is 0 Å². The molecule has 0 saturated heterocycles. The molecular formula is C15H29Cl2O4PS. The van der Waals surface area contributed by atoms with Crippen molar-refractivity contribution in [3.8, 4) is 0 Å². The van der Waals surface area contributed by atoms with Crippen LogP contribution in [0.2, 0.25) is 0 Å². The zero-order valence-electron chi connectivity index (χ0n) is 14.1. The Morgan fingerprint density at radius 2 is 1.70 bits per heavy atom. The SMILES string of the molecule is CCCCCCCCOC[C@@H](COP(=O)(Cl)Cl)SC(=O)CCC. The van der Waals surface area contributed by atoms with Crippen LogP contribution in [0.15, 0.2) is 0 Å². The van der Waals surface area contributed by atoms with Crippen LogP contribution in [0.4, 0.5) is 0 Å². The fourth-order valence-electron chi connectivity index (χ4n) is 1.93. The maximum atomic E-state index is 11.7. The zero-order chi connectivity index (χ0) is 17.6. The normalized spacial score (nSPS) is 13.2. The maximum Gasteiger partial charge on any atom is 0.380 e. The van der Waals surface area contributed by atoms with Gasteiger partial charge in [0.2, 0.25) is 0 Å². The fraction of sp³-hybridized carbons (Fsp3) is 0.933. The van der Waals surface area contributed by atoms with Gasteiger partial charge in [-0.3, -0.25) is 9.36 Å². The number of hydrogen-bond acceptors (Lipinski definition) is 5. The first-order chi connectivity index (χ1) is 10.9. The van der Waals surface area contributed by atoms with Crippen molar-refractivity contribution in [2.45, 2.75) is 70.5 Å². The Hall–Kier alpha value is 0.750. The lowest BCUT2D eigenvalue weighted by Crippen LogP contribution is -2.20. The molecular weight excluding hydrogens is 378 g/mol. The Balaban J connectivity index is 3.95. The van der Waals surface area contributed by atoms with E-state index >= 15 is 0 Å². The Morgan fingerprint density at radius 3 is 2.30 bits per heavy atom. The average molecular weight is 407 g/mol. The van der Waals surface area contributed by atoms with Crippen LogP contribution in [0.1, 0.15) is 65.2 Å². The summed E-state index contributed by atoms with van der Waals surface area (Å²) in [5.41, 5.74) is 0. The first kappa shape index (κ1) is 23.8. The van der Waals surface area contributed by atoms with Gasteiger partial charge in [0.15, 0.2) is 5.12 Å². The number of thioether (sulfide) groups is 1. The average Bonchev–Trinajstić information content (AvgIpc) is 2.46. The molecule has 0 aliphatic carbocycles. The zero-order valence-corrected chi connectivity index (χ0v) is 17.3. The molecule has 4 nitrogen and oxygen atoms in total. The van der Waals surface area contributed by atoms with Gasteiger partial charge in [0.25, 0.3) is 0 Å². The first-order valence-electron chi connectivity index (χ1n) is 8.30. The van der Waals surface area contributed by atoms with Crippen molar-refractivity contribution in [3.63, 3.8) is 0 Å². The number of halogens is 2. The number of rotatable bonds is 15. The van der Waals surface area contributed by atoms with E-state index in [-0.39, 0.29) is 17.0 Å². The number of unbranched alkanes of at least 4 members (excludes halogenated alkanes) is 5. The number of carbonyl (C=O) groups is 1. The minimum Gasteiger partial charge on any atom is -0.380 e. The van der Waals surface area contributed by atoms with Crippen LogP contribution >= 0.6 is 40.3 Å². The minimum absolute atomic E-state index is 0.0426. The molecule has 0 rings (SSSR count). The van der Waals surface area contributed by atoms with Crippen LogP contribution in [0.25, 0.3) is 0 Å². The highest BCUT2D eigenvalue weighted by atomic mass is 35.9. The lowest BCUT2D eigenvalue weighted by Gasteiger charge is -2.16. The highest BCUT2D eigenvalue weighted by molar-refractivity contribution is 8.14. The van der Waals surface area contributed by atoms with Crippen molar-refractivity contribution in [2.75, 3.05) is 19.8 Å². The molecule has 0 fully saturated rings. The highest BCUT2D eigenvalue weighted by Gasteiger charge is 2.21. The Bertz CT molecular complexity index is 352. The second-order valence-electron chi connectivity index (χ2n) is 5.41. The third kappa shape index (κ3) is 17.4. The fourth-order valence-corrected chi connectivity index (χ4v) is 3.72. The van der Waals surface area contributed by atoms with E-state index in [2.05, 4.69) is 6.92 Å². The topological polar surface area (TPSA) is 52.6 Å². The Labute approximate surface area is 154 Å². The van der Waals surface area contributed by atoms with Gasteiger partial charge in [-0.05, 0) is 35.3 Å². The molecule has 138 valence electrons. The van der Waals surface area contributed by atoms with E-state index in [0.717, 1.165) is 31.0 Å². The van der Waals surface area contributed by atoms with Crippen molar-refractivity contribution >= 4 is 45.4 Å². The second-order valence-corrected chi connectivity index (χ2v) is 11.0. The molecule has 0 N–H and O–H groups in total. The van der Waals surface area contributed by atoms with Crippen LogP contribution in [-0.2, 0) is 18.6 Å². The van der Waals surface area contributed by atoms with Gasteiger partial charge < -0.3 is 9.26 Å². The van der Waals surface area contributed by atoms with Crippen molar-refractivity contribution in [3.05, 3.63) is 0 Å². The molecule has 0 aromatic carbocycles. The molecule has 1 atom stereocenters. The number of ether oxygens (including phenoxy) is 1. The molecule has 0 amide bonds. The lowest BCUT2D eigenvalue weighted by molar-refractivity contribution is -0.111. The van der Waals surface area contributed by atoms with Crippen molar-refractivity contribution in [1.82, 2.24) is 0 Å². The predicted molar refractivity (Wildman–Crippen MR) is 101 cm³/mol. The van der Waals surface area contributed by atoms with E-state index in [4.69, 9.17) is 31.7 Å². The number of carbonyl (C=O) groups excluding carboxylic acids is 1. The molecule has 0 aromatic heterocycles. The third-order valence-corrected chi connectivity index (χ3v) is 5.22. The van der Waals surface area contributed by atoms with E-state index in [1.807, 2.05) is 6.92 Å². The van der Waals surface area contributed by atoms with E-state index in [1.54, 1.807) is 0 Å². The maximum absolute atomic E-state index is 11.7. The molecule has 8 heteroatoms. The predicted octanol–water partition coefficient (Wildman–Crippen LogP) is 6.39. The summed E-state index contributed by atoms with van der Waals surface area (Å²) in [5.74, 6) is 0. The summed E-state index contributed by atoms with van der Waals surface area (Å²) in [6.45, 7) is 5.21. The van der Waals surface area contributed by atoms with Crippen molar-refractivity contribution in [2.24, 2.45) is 0 Å². The Morgan fingerprint density at radius 1 is 1.04 bits per heavy atom. The molecule has 0 spiro atoms. The van der Waals surface area contributed by atoms with Crippen LogP contribution in [-0.4, -0.2) is 30.2 Å². The lowest BCUT2D eigenvalue weighted by atomic mass is 10.1. The Kier molecular flexibility index (Phi) is 15.5. The molecule has 23 heavy (non-hydrogen) atoms. The van der Waals surface area contributed by atoms with Crippen LogP contribution < -0.4 is 0 Å². The van der Waals surface area contributed by atoms with Gasteiger partial charge in [-0.2, -0.15) is 0 Å². The van der Waals surface area contributed by atoms with Gasteiger partial charge in [0, 0.05) is 13.0 Å². The standard InChI is InChI=1S/C15H29Cl2O4PS/c1-3-5-6-7-8-9-11-20-12-14(13-21-22(16,17)19)23-15(18)10-4-2/h14H,3-13H2,1-2H3/t14-/m0/s1. The van der Waals surface area contributed by atoms with E-state index in [0.29, 0.717) is 19.6 Å². The van der Waals surface area contributed by atoms with Crippen molar-refractivity contribution in [1.29, 1.82) is 0 Å². The number of hydrogen-bond donors (Lipinski definition) is 0. The third-order valence-electron chi connectivity index (χ3n) is 3.11. The molecule has 0 heterocycles. The highest BCUT2D eigenvalue weighted by Crippen LogP contribution is 2.57. The summed E-state index contributed by atoms with van der Waals surface area (Å²) < 4.78 is 21.7. The monoisotopic (exact) mass is 406 g/mol. The van der Waals surface area contributed by atoms with Gasteiger partial charge >= 0.3 is 6.07 Å². The summed E-state index contributed by atoms with van der Waals surface area (Å²) in [7, 11) is 0. The smallest absolute Gasteiger partial charge is 0.380 e. The van der Waals surface area contributed by atoms with Gasteiger partial charge in [0.05, 0.1) is 18.5 Å². The van der Waals surface area contributed by atoms with E-state index < -0.39 is 6.07 Å². The molecule has 0 unspecified atom stereocenters. The van der Waals surface area contributed by atoms with Crippen LogP contribution in [0, 0.1) is 0 Å². The summed E-state index contributed by atoms with van der Waals surface area (Å²) in [6, 6.07) is 0. The van der Waals surface area contributed by atoms with E-state index in [9.17, 15) is 9.36 Å². The molecule has 0 saturated carbocycles. The summed E-state index contributed by atoms with van der Waals surface area (Å²) in [6.07, 6.45) is 4.91. The summed E-state index contributed by atoms with van der Waals surface area (Å²) in [4.78, 5) is 11.7. The molecule has 0 bridgehead atoms. The molecule has 0 radical (unpaired) electrons. The van der Waals surface area contributed by atoms with Gasteiger partial charge in [0.1, 0.15) is 0 Å². The van der Waals surface area contributed by atoms with Gasteiger partial charge in [-0.15, -0.1) is 0 Å². The van der Waals surface area contributed by atoms with Crippen LogP contribution in [0.3, 0.4) is 0 Å². The molecule has 0 aromatic rings. The summed E-state index contributed by atoms with van der Waals surface area (Å²) in [5, 5.41) is -0.164. The minimum atomic E-state index is -3.57. The first-order valence-corrected chi connectivity index (χ1v) is 12.6. The van der Waals surface area contributed by atoms with Crippen LogP contribution in [0.5, 0.6) is 0 Å². The second kappa shape index (κ2) is 15.0. The largest absolute Gasteiger partial charge is 0.380 e. The van der Waals surface area contributed by atoms with E-state index in [1.165, 1.54) is 25.7 Å². The van der Waals surface area contributed by atoms with Crippen molar-refractivity contribution < 1.29 is 18.6 Å². The molecule has 0 aliphatic rings.